The van der Waals surface area contributed by atoms with E-state index < -0.39 is 16.7 Å². The number of nitro benzene ring substituents is 1. The highest BCUT2D eigenvalue weighted by molar-refractivity contribution is 6.10. The van der Waals surface area contributed by atoms with Crippen LogP contribution in [0.3, 0.4) is 0 Å². The lowest BCUT2D eigenvalue weighted by atomic mass is 9.71. The maximum absolute atomic E-state index is 13.9. The monoisotopic (exact) mass is 569 g/mol. The van der Waals surface area contributed by atoms with Gasteiger partial charge in [-0.3, -0.25) is 19.7 Å². The number of allylic oxidation sites excluding steroid dienone is 3. The zero-order valence-corrected chi connectivity index (χ0v) is 23.7. The molecule has 5 rings (SSSR count). The number of rotatable bonds is 8. The van der Waals surface area contributed by atoms with E-state index in [4.69, 9.17) is 14.2 Å². The first-order valence-electron chi connectivity index (χ1n) is 13.4. The van der Waals surface area contributed by atoms with E-state index in [9.17, 15) is 19.7 Å². The summed E-state index contributed by atoms with van der Waals surface area (Å²) in [5.41, 5.74) is 3.87. The third-order valence-corrected chi connectivity index (χ3v) is 7.71. The molecule has 3 aromatic carbocycles. The number of hydrogen-bond acceptors (Lipinski definition) is 8. The first-order chi connectivity index (χ1) is 20.2. The molecule has 1 aliphatic heterocycles. The number of hydrogen-bond donors (Lipinski definition) is 2. The van der Waals surface area contributed by atoms with Crippen LogP contribution in [0.25, 0.3) is 0 Å². The molecule has 10 heteroatoms. The Morgan fingerprint density at radius 1 is 0.929 bits per heavy atom. The summed E-state index contributed by atoms with van der Waals surface area (Å²) >= 11 is 0. The van der Waals surface area contributed by atoms with Gasteiger partial charge in [0, 0.05) is 52.7 Å². The molecule has 0 radical (unpaired) electrons. The minimum atomic E-state index is -0.793. The number of nitrogens with zero attached hydrogens (tertiary/aromatic N) is 1. The molecule has 0 spiro atoms. The van der Waals surface area contributed by atoms with Crippen LogP contribution in [0.1, 0.15) is 42.7 Å². The summed E-state index contributed by atoms with van der Waals surface area (Å²) in [6.45, 7) is 1.78. The molecule has 1 amide bonds. The lowest BCUT2D eigenvalue weighted by Crippen LogP contribution is -2.37. The highest BCUT2D eigenvalue weighted by atomic mass is 16.6. The number of dihydropyridines is 1. The number of ether oxygens (including phenoxy) is 3. The predicted octanol–water partition coefficient (Wildman–Crippen LogP) is 5.62. The standard InChI is InChI=1S/C32H31N3O7/c1-18-29(32(37)34-22-9-11-24(40-2)12-10-22)30(20-6-5-7-23(14-20)35(38)39)31-25(33-18)15-21(16-26(31)36)19-8-13-27(41-3)28(17-19)42-4/h5-14,17,21,30,33H,15-16H2,1-4H3,(H,34,37). The molecule has 2 N–H and O–H groups in total. The average Bonchev–Trinajstić information content (AvgIpc) is 3.00. The number of ketones is 1. The van der Waals surface area contributed by atoms with Gasteiger partial charge in [-0.2, -0.15) is 0 Å². The largest absolute Gasteiger partial charge is 0.497 e. The SMILES string of the molecule is COc1ccc(NC(=O)C2=C(C)NC3=C(C(=O)CC(c4ccc(OC)c(OC)c4)C3)C2c2cccc([N+](=O)[O-])c2)cc1. The number of non-ortho nitro benzene ring substituents is 1. The van der Waals surface area contributed by atoms with Gasteiger partial charge in [0.25, 0.3) is 11.6 Å². The molecular weight excluding hydrogens is 538 g/mol. The Bertz CT molecular complexity index is 1630. The molecule has 2 aliphatic rings. The fourth-order valence-corrected chi connectivity index (χ4v) is 5.71. The van der Waals surface area contributed by atoms with Gasteiger partial charge < -0.3 is 24.8 Å². The van der Waals surface area contributed by atoms with Crippen LogP contribution < -0.4 is 24.8 Å². The lowest BCUT2D eigenvalue weighted by Gasteiger charge is -2.37. The molecule has 0 aromatic heterocycles. The number of carbonyl (C=O) groups is 2. The van der Waals surface area contributed by atoms with E-state index >= 15 is 0 Å². The minimum Gasteiger partial charge on any atom is -0.497 e. The molecule has 1 aliphatic carbocycles. The van der Waals surface area contributed by atoms with Gasteiger partial charge in [0.2, 0.25) is 0 Å². The molecule has 0 fully saturated rings. The second-order valence-corrected chi connectivity index (χ2v) is 10.2. The quantitative estimate of drug-likeness (QED) is 0.264. The van der Waals surface area contributed by atoms with Crippen LogP contribution in [-0.2, 0) is 9.59 Å². The summed E-state index contributed by atoms with van der Waals surface area (Å²) in [5.74, 6) is 0.321. The summed E-state index contributed by atoms with van der Waals surface area (Å²) in [6.07, 6.45) is 0.709. The van der Waals surface area contributed by atoms with E-state index in [1.165, 1.54) is 12.1 Å². The van der Waals surface area contributed by atoms with E-state index in [1.807, 2.05) is 18.2 Å². The minimum absolute atomic E-state index is 0.118. The number of carbonyl (C=O) groups excluding carboxylic acids is 2. The fourth-order valence-electron chi connectivity index (χ4n) is 5.71. The predicted molar refractivity (Wildman–Crippen MR) is 157 cm³/mol. The van der Waals surface area contributed by atoms with Crippen molar-refractivity contribution in [3.8, 4) is 17.2 Å². The summed E-state index contributed by atoms with van der Waals surface area (Å²) in [6, 6.07) is 18.6. The van der Waals surface area contributed by atoms with Gasteiger partial charge in [0.05, 0.1) is 26.3 Å². The maximum atomic E-state index is 13.9. The smallest absolute Gasteiger partial charge is 0.269 e. The van der Waals surface area contributed by atoms with Gasteiger partial charge in [-0.25, -0.2) is 0 Å². The zero-order valence-electron chi connectivity index (χ0n) is 23.7. The number of nitro groups is 1. The Morgan fingerprint density at radius 3 is 2.33 bits per heavy atom. The molecule has 1 heterocycles. The van der Waals surface area contributed by atoms with Gasteiger partial charge in [-0.1, -0.05) is 18.2 Å². The van der Waals surface area contributed by atoms with E-state index in [0.29, 0.717) is 57.5 Å². The number of nitrogens with one attached hydrogen (secondary N) is 2. The molecule has 0 saturated heterocycles. The number of benzene rings is 3. The molecule has 10 nitrogen and oxygen atoms in total. The Kier molecular flexibility index (Phi) is 7.97. The van der Waals surface area contributed by atoms with Crippen molar-refractivity contribution in [2.45, 2.75) is 31.6 Å². The zero-order chi connectivity index (χ0) is 30.0. The molecule has 3 aromatic rings. The number of Topliss-reactive ketones (excluding diaryl/α,β-unsaturated/α-hetero) is 1. The van der Waals surface area contributed by atoms with Gasteiger partial charge in [-0.05, 0) is 66.8 Å². The molecule has 216 valence electrons. The number of amides is 1. The molecule has 42 heavy (non-hydrogen) atoms. The summed E-state index contributed by atoms with van der Waals surface area (Å²) < 4.78 is 16.0. The van der Waals surface area contributed by atoms with Gasteiger partial charge in [-0.15, -0.1) is 0 Å². The van der Waals surface area contributed by atoms with Gasteiger partial charge in [0.15, 0.2) is 17.3 Å². The van der Waals surface area contributed by atoms with Crippen LogP contribution in [0.5, 0.6) is 17.2 Å². The number of anilines is 1. The molecule has 0 bridgehead atoms. The first kappa shape index (κ1) is 28.4. The molecule has 0 saturated carbocycles. The van der Waals surface area contributed by atoms with Gasteiger partial charge in [0.1, 0.15) is 5.75 Å². The van der Waals surface area contributed by atoms with Crippen molar-refractivity contribution in [2.75, 3.05) is 26.6 Å². The lowest BCUT2D eigenvalue weighted by molar-refractivity contribution is -0.384. The highest BCUT2D eigenvalue weighted by Crippen LogP contribution is 2.47. The third-order valence-electron chi connectivity index (χ3n) is 7.71. The van der Waals surface area contributed by atoms with E-state index in [2.05, 4.69) is 10.6 Å². The average molecular weight is 570 g/mol. The van der Waals surface area contributed by atoms with Crippen LogP contribution >= 0.6 is 0 Å². The summed E-state index contributed by atoms with van der Waals surface area (Å²) in [5, 5.41) is 17.9. The second-order valence-electron chi connectivity index (χ2n) is 10.2. The van der Waals surface area contributed by atoms with Crippen LogP contribution in [-0.4, -0.2) is 37.9 Å². The molecule has 2 atom stereocenters. The second kappa shape index (κ2) is 11.8. The van der Waals surface area contributed by atoms with Gasteiger partial charge >= 0.3 is 0 Å². The van der Waals surface area contributed by atoms with E-state index in [-0.39, 0.29) is 23.8 Å². The van der Waals surface area contributed by atoms with Crippen molar-refractivity contribution in [1.82, 2.24) is 5.32 Å². The van der Waals surface area contributed by atoms with E-state index in [1.54, 1.807) is 64.7 Å². The Balaban J connectivity index is 1.56. The maximum Gasteiger partial charge on any atom is 0.269 e. The Labute approximate surface area is 243 Å². The summed E-state index contributed by atoms with van der Waals surface area (Å²) in [4.78, 5) is 38.9. The third kappa shape index (κ3) is 5.43. The van der Waals surface area contributed by atoms with Crippen LogP contribution in [0.15, 0.2) is 89.3 Å². The van der Waals surface area contributed by atoms with Crippen molar-refractivity contribution in [3.05, 3.63) is 111 Å². The van der Waals surface area contributed by atoms with Crippen LogP contribution in [0, 0.1) is 10.1 Å². The Morgan fingerprint density at radius 2 is 1.67 bits per heavy atom. The fraction of sp³-hybridized carbons (Fsp3) is 0.250. The van der Waals surface area contributed by atoms with Crippen LogP contribution in [0.4, 0.5) is 11.4 Å². The van der Waals surface area contributed by atoms with E-state index in [0.717, 1.165) is 5.56 Å². The topological polar surface area (TPSA) is 129 Å². The van der Waals surface area contributed by atoms with Crippen LogP contribution in [0.2, 0.25) is 0 Å². The number of methoxy groups -OCH3 is 3. The highest BCUT2D eigenvalue weighted by Gasteiger charge is 2.41. The first-order valence-corrected chi connectivity index (χ1v) is 13.4. The normalized spacial score (nSPS) is 18.1. The summed E-state index contributed by atoms with van der Waals surface area (Å²) in [7, 11) is 4.69. The van der Waals surface area contributed by atoms with Crippen molar-refractivity contribution in [2.24, 2.45) is 0 Å². The molecular formula is C32H31N3O7. The van der Waals surface area contributed by atoms with Crippen molar-refractivity contribution in [1.29, 1.82) is 0 Å². The van der Waals surface area contributed by atoms with Crippen molar-refractivity contribution < 1.29 is 28.7 Å². The van der Waals surface area contributed by atoms with Crippen molar-refractivity contribution in [3.63, 3.8) is 0 Å². The molecule has 2 unspecified atom stereocenters. The Hall–Kier alpha value is -5.12. The van der Waals surface area contributed by atoms with Crippen molar-refractivity contribution >= 4 is 23.1 Å².